The molecule has 0 aromatic rings. The lowest BCUT2D eigenvalue weighted by Gasteiger charge is -2.45. The largest absolute Gasteiger partial charge is 0.472 e. The van der Waals surface area contributed by atoms with E-state index < -0.39 is 81.1 Å². The normalized spacial score (nSPS) is 25.8. The number of esters is 5. The van der Waals surface area contributed by atoms with E-state index in [1.54, 1.807) is 0 Å². The lowest BCUT2D eigenvalue weighted by molar-refractivity contribution is -0.302. The van der Waals surface area contributed by atoms with Crippen LogP contribution >= 0.6 is 7.82 Å². The van der Waals surface area contributed by atoms with Gasteiger partial charge in [0.2, 0.25) is 6.29 Å². The van der Waals surface area contributed by atoms with Crippen molar-refractivity contribution in [2.24, 2.45) is 0 Å². The van der Waals surface area contributed by atoms with Crippen molar-refractivity contribution in [2.45, 2.75) is 71.4 Å². The lowest BCUT2D eigenvalue weighted by atomic mass is 9.94. The van der Waals surface area contributed by atoms with Gasteiger partial charge in [-0.15, -0.1) is 0 Å². The van der Waals surface area contributed by atoms with E-state index in [2.05, 4.69) is 4.52 Å². The van der Waals surface area contributed by atoms with Gasteiger partial charge in [0.05, 0.1) is 0 Å². The summed E-state index contributed by atoms with van der Waals surface area (Å²) in [5, 5.41) is 0. The molecule has 0 bridgehead atoms. The van der Waals surface area contributed by atoms with Crippen LogP contribution in [0.4, 0.5) is 0 Å². The Kier molecular flexibility index (Phi) is 10.4. The van der Waals surface area contributed by atoms with Crippen LogP contribution in [0.1, 0.15) is 34.6 Å². The number of carbonyl (C=O) groups excluding carboxylic acids is 5. The molecule has 2 N–H and O–H groups in total. The van der Waals surface area contributed by atoms with E-state index in [4.69, 9.17) is 28.4 Å². The molecule has 1 aliphatic rings. The first-order valence-electron chi connectivity index (χ1n) is 9.32. The second kappa shape index (κ2) is 12.0. The van der Waals surface area contributed by atoms with Crippen LogP contribution in [-0.2, 0) is 61.5 Å². The molecule has 0 aromatic carbocycles. The van der Waals surface area contributed by atoms with E-state index in [1.165, 1.54) is 0 Å². The highest BCUT2D eigenvalue weighted by molar-refractivity contribution is 7.46. The zero-order valence-electron chi connectivity index (χ0n) is 18.3. The van der Waals surface area contributed by atoms with Gasteiger partial charge in [0.15, 0.2) is 24.4 Å². The summed E-state index contributed by atoms with van der Waals surface area (Å²) in [5.41, 5.74) is 0. The first-order chi connectivity index (χ1) is 15.1. The molecule has 1 aliphatic heterocycles. The van der Waals surface area contributed by atoms with Gasteiger partial charge in [-0.05, 0) is 0 Å². The first kappa shape index (κ1) is 28.5. The number of ether oxygens (including phenoxy) is 6. The summed E-state index contributed by atoms with van der Waals surface area (Å²) in [4.78, 5) is 76.5. The summed E-state index contributed by atoms with van der Waals surface area (Å²) in [7, 11) is -5.30. The van der Waals surface area contributed by atoms with Crippen LogP contribution in [0, 0.1) is 0 Å². The van der Waals surface area contributed by atoms with E-state index in [0.29, 0.717) is 0 Å². The maximum Gasteiger partial charge on any atom is 0.472 e. The molecule has 0 spiro atoms. The Morgan fingerprint density at radius 1 is 0.788 bits per heavy atom. The van der Waals surface area contributed by atoms with Crippen molar-refractivity contribution in [3.05, 3.63) is 0 Å². The fraction of sp³-hybridized carbons (Fsp3) is 0.706. The van der Waals surface area contributed by atoms with Crippen LogP contribution in [0.25, 0.3) is 0 Å². The van der Waals surface area contributed by atoms with Gasteiger partial charge in [-0.3, -0.25) is 28.5 Å². The number of phosphoric acid groups is 1. The van der Waals surface area contributed by atoms with E-state index in [9.17, 15) is 38.3 Å². The minimum atomic E-state index is -5.30. The van der Waals surface area contributed by atoms with Crippen molar-refractivity contribution in [3.63, 3.8) is 0 Å². The molecule has 1 heterocycles. The molecule has 1 rings (SSSR count). The Morgan fingerprint density at radius 3 is 1.70 bits per heavy atom. The fourth-order valence-electron chi connectivity index (χ4n) is 2.93. The van der Waals surface area contributed by atoms with Crippen molar-refractivity contribution in [2.75, 3.05) is 6.61 Å². The van der Waals surface area contributed by atoms with E-state index in [0.717, 1.165) is 34.6 Å². The molecule has 0 radical (unpaired) electrons. The SMILES string of the molecule is CC(=O)OC[C@H](OC(C)=O)[C@H]1O[C@@H](OP(=O)(O)O)[C@@H](OC(C)=O)[C@@H](OC(C)=O)[C@@H]1OC(C)=O. The number of phosphoric ester groups is 1. The third-order valence-corrected chi connectivity index (χ3v) is 4.30. The maximum atomic E-state index is 11.8. The van der Waals surface area contributed by atoms with E-state index in [-0.39, 0.29) is 0 Å². The van der Waals surface area contributed by atoms with Gasteiger partial charge in [0.1, 0.15) is 12.7 Å². The quantitative estimate of drug-likeness (QED) is 0.224. The number of carbonyl (C=O) groups is 5. The Hall–Kier alpha value is -2.58. The summed E-state index contributed by atoms with van der Waals surface area (Å²) in [6.07, 6.45) is -10.5. The van der Waals surface area contributed by atoms with Gasteiger partial charge in [-0.1, -0.05) is 0 Å². The summed E-state index contributed by atoms with van der Waals surface area (Å²) in [6, 6.07) is 0. The highest BCUT2D eigenvalue weighted by Crippen LogP contribution is 2.42. The summed E-state index contributed by atoms with van der Waals surface area (Å²) in [5.74, 6) is -4.57. The minimum absolute atomic E-state index is 0.648. The Morgan fingerprint density at radius 2 is 1.27 bits per heavy atom. The van der Waals surface area contributed by atoms with Gasteiger partial charge < -0.3 is 38.2 Å². The molecule has 0 aromatic heterocycles. The van der Waals surface area contributed by atoms with Gasteiger partial charge in [-0.2, -0.15) is 0 Å². The van der Waals surface area contributed by atoms with Gasteiger partial charge >= 0.3 is 37.7 Å². The van der Waals surface area contributed by atoms with Crippen LogP contribution in [0.15, 0.2) is 0 Å². The lowest BCUT2D eigenvalue weighted by Crippen LogP contribution is -2.65. The van der Waals surface area contributed by atoms with Crippen molar-refractivity contribution < 1.29 is 71.3 Å². The number of rotatable bonds is 9. The van der Waals surface area contributed by atoms with Crippen LogP contribution in [0.2, 0.25) is 0 Å². The van der Waals surface area contributed by atoms with E-state index in [1.807, 2.05) is 0 Å². The number of hydrogen-bond acceptors (Lipinski definition) is 13. The minimum Gasteiger partial charge on any atom is -0.462 e. The van der Waals surface area contributed by atoms with Crippen LogP contribution in [0.5, 0.6) is 0 Å². The Bertz CT molecular complexity index is 804. The molecule has 0 saturated carbocycles. The molecule has 15 nitrogen and oxygen atoms in total. The Labute approximate surface area is 187 Å². The van der Waals surface area contributed by atoms with Gasteiger partial charge in [0.25, 0.3) is 0 Å². The third kappa shape index (κ3) is 9.84. The zero-order chi connectivity index (χ0) is 25.5. The standard InChI is InChI=1S/C17H25O15P/c1-7(18)26-6-12(27-8(2)19)13-14(28-9(3)20)15(29-10(4)21)16(30-11(5)22)17(31-13)32-33(23,24)25/h12-17H,6H2,1-5H3,(H2,23,24,25)/t12-,13+,14+,15-,16-,17-/m0/s1. The molecule has 16 heteroatoms. The monoisotopic (exact) mass is 500 g/mol. The smallest absolute Gasteiger partial charge is 0.462 e. The average Bonchev–Trinajstić information content (AvgIpc) is 2.60. The first-order valence-corrected chi connectivity index (χ1v) is 10.9. The molecule has 33 heavy (non-hydrogen) atoms. The summed E-state index contributed by atoms with van der Waals surface area (Å²) < 4.78 is 46.7. The molecule has 188 valence electrons. The van der Waals surface area contributed by atoms with Gasteiger partial charge in [0, 0.05) is 34.6 Å². The number of hydrogen-bond donors (Lipinski definition) is 2. The third-order valence-electron chi connectivity index (χ3n) is 3.81. The highest BCUT2D eigenvalue weighted by Gasteiger charge is 2.56. The van der Waals surface area contributed by atoms with Crippen molar-refractivity contribution in [1.82, 2.24) is 0 Å². The maximum absolute atomic E-state index is 11.8. The molecular weight excluding hydrogens is 475 g/mol. The molecule has 1 saturated heterocycles. The second-order valence-electron chi connectivity index (χ2n) is 6.74. The van der Waals surface area contributed by atoms with Gasteiger partial charge in [-0.25, -0.2) is 4.57 Å². The average molecular weight is 500 g/mol. The fourth-order valence-corrected chi connectivity index (χ4v) is 3.37. The molecule has 0 unspecified atom stereocenters. The van der Waals surface area contributed by atoms with Crippen molar-refractivity contribution in [3.8, 4) is 0 Å². The van der Waals surface area contributed by atoms with Crippen LogP contribution in [-0.4, -0.2) is 83.1 Å². The molecule has 1 fully saturated rings. The topological polar surface area (TPSA) is 207 Å². The molecular formula is C17H25O15P. The molecule has 0 amide bonds. The van der Waals surface area contributed by atoms with E-state index >= 15 is 0 Å². The van der Waals surface area contributed by atoms with Crippen molar-refractivity contribution in [1.29, 1.82) is 0 Å². The highest BCUT2D eigenvalue weighted by atomic mass is 31.2. The molecule has 6 atom stereocenters. The van der Waals surface area contributed by atoms with Crippen LogP contribution in [0.3, 0.4) is 0 Å². The van der Waals surface area contributed by atoms with Crippen molar-refractivity contribution >= 4 is 37.7 Å². The Balaban J connectivity index is 3.58. The summed E-state index contributed by atoms with van der Waals surface area (Å²) >= 11 is 0. The predicted octanol–water partition coefficient (Wildman–Crippen LogP) is -0.889. The zero-order valence-corrected chi connectivity index (χ0v) is 19.2. The predicted molar refractivity (Wildman–Crippen MR) is 101 cm³/mol. The second-order valence-corrected chi connectivity index (χ2v) is 7.93. The summed E-state index contributed by atoms with van der Waals surface area (Å²) in [6.45, 7) is 4.28. The molecule has 0 aliphatic carbocycles. The van der Waals surface area contributed by atoms with Crippen LogP contribution < -0.4 is 0 Å².